The molecule has 2 aliphatic rings. The van der Waals surface area contributed by atoms with Gasteiger partial charge in [0.15, 0.2) is 0 Å². The Hall–Kier alpha value is -4.11. The summed E-state index contributed by atoms with van der Waals surface area (Å²) in [6.45, 7) is 0.615. The fraction of sp³-hybridized carbons (Fsp3) is 0.192. The number of likely N-dealkylation sites (N-methyl/N-ethyl adjacent to an activating group) is 1. The van der Waals surface area contributed by atoms with Crippen LogP contribution in [0.2, 0.25) is 10.0 Å². The van der Waals surface area contributed by atoms with Gasteiger partial charge in [-0.15, -0.1) is 0 Å². The number of urea groups is 1. The molecule has 2 saturated heterocycles. The minimum atomic E-state index is -1.24. The summed E-state index contributed by atoms with van der Waals surface area (Å²) < 4.78 is 0. The lowest BCUT2D eigenvalue weighted by Gasteiger charge is -2.33. The largest absolute Gasteiger partial charge is 0.367 e. The van der Waals surface area contributed by atoms with Crippen molar-refractivity contribution in [3.05, 3.63) is 87.7 Å². The quantitative estimate of drug-likeness (QED) is 0.472. The highest BCUT2D eigenvalue weighted by Gasteiger charge is 2.64. The second-order valence-corrected chi connectivity index (χ2v) is 9.59. The standard InChI is InChI=1S/C26H18Cl2N6O2/c1-32-25(36)34(22-9-18(27)8-19(28)10-22)24(35)26(32)15-33(21-7-6-20(12-30)31-13-21)14-23(26)17-4-2-16(11-29)3-5-17/h2-10,13,23H,14-15H2,1H3/t23-,26+/m0/s1. The first kappa shape index (κ1) is 23.6. The minimum Gasteiger partial charge on any atom is -0.367 e. The van der Waals surface area contributed by atoms with E-state index >= 15 is 0 Å². The Bertz CT molecular complexity index is 1440. The van der Waals surface area contributed by atoms with Gasteiger partial charge in [0.05, 0.1) is 35.7 Å². The number of carbonyl (C=O) groups is 2. The second-order valence-electron chi connectivity index (χ2n) is 8.71. The molecule has 1 aromatic heterocycles. The van der Waals surface area contributed by atoms with Gasteiger partial charge >= 0.3 is 6.03 Å². The maximum atomic E-state index is 14.2. The van der Waals surface area contributed by atoms with Gasteiger partial charge in [-0.3, -0.25) is 4.79 Å². The number of anilines is 2. The number of amides is 3. The van der Waals surface area contributed by atoms with Crippen molar-refractivity contribution in [1.82, 2.24) is 9.88 Å². The maximum absolute atomic E-state index is 14.2. The first-order valence-electron chi connectivity index (χ1n) is 11.0. The summed E-state index contributed by atoms with van der Waals surface area (Å²) in [6, 6.07) is 18.6. The molecule has 3 heterocycles. The van der Waals surface area contributed by atoms with Gasteiger partial charge in [0, 0.05) is 29.6 Å². The molecule has 0 N–H and O–H groups in total. The number of nitrogens with zero attached hydrogens (tertiary/aromatic N) is 6. The highest BCUT2D eigenvalue weighted by Crippen LogP contribution is 2.47. The lowest BCUT2D eigenvalue weighted by atomic mass is 9.80. The molecule has 178 valence electrons. The fourth-order valence-corrected chi connectivity index (χ4v) is 5.56. The van der Waals surface area contributed by atoms with E-state index in [9.17, 15) is 14.9 Å². The predicted molar refractivity (Wildman–Crippen MR) is 135 cm³/mol. The molecule has 2 aliphatic heterocycles. The molecule has 2 aromatic carbocycles. The van der Waals surface area contributed by atoms with Crippen LogP contribution in [-0.4, -0.2) is 47.5 Å². The van der Waals surface area contributed by atoms with Gasteiger partial charge in [0.1, 0.15) is 17.3 Å². The molecule has 0 radical (unpaired) electrons. The number of pyridine rings is 1. The molecule has 36 heavy (non-hydrogen) atoms. The number of nitriles is 2. The number of benzene rings is 2. The Morgan fingerprint density at radius 1 is 0.972 bits per heavy atom. The number of imide groups is 1. The molecule has 10 heteroatoms. The molecule has 0 aliphatic carbocycles. The molecule has 2 atom stereocenters. The van der Waals surface area contributed by atoms with Gasteiger partial charge in [-0.2, -0.15) is 10.5 Å². The molecule has 3 amide bonds. The van der Waals surface area contributed by atoms with Crippen LogP contribution in [0, 0.1) is 22.7 Å². The first-order valence-corrected chi connectivity index (χ1v) is 11.7. The smallest absolute Gasteiger partial charge is 0.332 e. The topological polar surface area (TPSA) is 104 Å². The second kappa shape index (κ2) is 8.83. The zero-order valence-electron chi connectivity index (χ0n) is 19.0. The van der Waals surface area contributed by atoms with Crippen LogP contribution < -0.4 is 9.80 Å². The monoisotopic (exact) mass is 516 g/mol. The molecule has 1 spiro atoms. The minimum absolute atomic E-state index is 0.205. The van der Waals surface area contributed by atoms with E-state index in [1.54, 1.807) is 37.5 Å². The van der Waals surface area contributed by atoms with E-state index < -0.39 is 23.4 Å². The lowest BCUT2D eigenvalue weighted by molar-refractivity contribution is -0.124. The van der Waals surface area contributed by atoms with E-state index in [-0.39, 0.29) is 12.2 Å². The summed E-state index contributed by atoms with van der Waals surface area (Å²) in [5.41, 5.74) is 1.37. The molecule has 5 rings (SSSR count). The van der Waals surface area contributed by atoms with Gasteiger partial charge in [0.2, 0.25) is 0 Å². The number of aromatic nitrogens is 1. The maximum Gasteiger partial charge on any atom is 0.332 e. The van der Waals surface area contributed by atoms with Crippen molar-refractivity contribution in [1.29, 1.82) is 10.5 Å². The van der Waals surface area contributed by atoms with Crippen molar-refractivity contribution in [2.24, 2.45) is 0 Å². The molecular weight excluding hydrogens is 499 g/mol. The van der Waals surface area contributed by atoms with E-state index in [0.29, 0.717) is 27.8 Å². The van der Waals surface area contributed by atoms with Gasteiger partial charge in [-0.05, 0) is 48.0 Å². The number of hydrogen-bond donors (Lipinski definition) is 0. The fourth-order valence-electron chi connectivity index (χ4n) is 5.04. The normalized spacial score (nSPS) is 21.2. The summed E-state index contributed by atoms with van der Waals surface area (Å²) >= 11 is 12.4. The predicted octanol–water partition coefficient (Wildman–Crippen LogP) is 4.57. The van der Waals surface area contributed by atoms with Crippen LogP contribution in [0.25, 0.3) is 0 Å². The van der Waals surface area contributed by atoms with Crippen LogP contribution in [-0.2, 0) is 4.79 Å². The van der Waals surface area contributed by atoms with Crippen LogP contribution in [0.3, 0.4) is 0 Å². The van der Waals surface area contributed by atoms with E-state index in [0.717, 1.165) is 16.2 Å². The van der Waals surface area contributed by atoms with Crippen LogP contribution >= 0.6 is 23.2 Å². The van der Waals surface area contributed by atoms with E-state index in [4.69, 9.17) is 28.5 Å². The van der Waals surface area contributed by atoms with Crippen LogP contribution in [0.4, 0.5) is 16.2 Å². The Morgan fingerprint density at radius 2 is 1.67 bits per heavy atom. The van der Waals surface area contributed by atoms with Gasteiger partial charge in [-0.1, -0.05) is 35.3 Å². The zero-order chi connectivity index (χ0) is 25.6. The summed E-state index contributed by atoms with van der Waals surface area (Å²) in [5.74, 6) is -0.811. The molecule has 0 bridgehead atoms. The third-order valence-electron chi connectivity index (χ3n) is 6.84. The summed E-state index contributed by atoms with van der Waals surface area (Å²) in [5, 5.41) is 19.0. The SMILES string of the molecule is CN1C(=O)N(c2cc(Cl)cc(Cl)c2)C(=O)[C@]12CN(c1ccc(C#N)nc1)C[C@H]2c1ccc(C#N)cc1. The number of hydrogen-bond acceptors (Lipinski definition) is 6. The molecule has 8 nitrogen and oxygen atoms in total. The molecule has 0 unspecified atom stereocenters. The van der Waals surface area contributed by atoms with Crippen molar-refractivity contribution in [2.45, 2.75) is 11.5 Å². The van der Waals surface area contributed by atoms with Crippen molar-refractivity contribution >= 4 is 46.5 Å². The molecule has 2 fully saturated rings. The van der Waals surface area contributed by atoms with Crippen LogP contribution in [0.15, 0.2) is 60.8 Å². The third-order valence-corrected chi connectivity index (χ3v) is 7.27. The average molecular weight is 517 g/mol. The zero-order valence-corrected chi connectivity index (χ0v) is 20.5. The highest BCUT2D eigenvalue weighted by molar-refractivity contribution is 6.35. The van der Waals surface area contributed by atoms with Crippen molar-refractivity contribution < 1.29 is 9.59 Å². The third kappa shape index (κ3) is 3.63. The molecule has 3 aromatic rings. The van der Waals surface area contributed by atoms with Gasteiger partial charge < -0.3 is 9.80 Å². The van der Waals surface area contributed by atoms with E-state index in [1.807, 2.05) is 23.1 Å². The number of rotatable bonds is 3. The summed E-state index contributed by atoms with van der Waals surface area (Å²) in [7, 11) is 1.61. The Labute approximate surface area is 217 Å². The van der Waals surface area contributed by atoms with Gasteiger partial charge in [0.25, 0.3) is 5.91 Å². The summed E-state index contributed by atoms with van der Waals surface area (Å²) in [6.07, 6.45) is 1.59. The van der Waals surface area contributed by atoms with Crippen molar-refractivity contribution in [2.75, 3.05) is 29.9 Å². The Kier molecular flexibility index (Phi) is 5.80. The van der Waals surface area contributed by atoms with E-state index in [2.05, 4.69) is 11.1 Å². The first-order chi connectivity index (χ1) is 17.3. The van der Waals surface area contributed by atoms with Crippen LogP contribution in [0.1, 0.15) is 22.7 Å². The van der Waals surface area contributed by atoms with Crippen molar-refractivity contribution in [3.63, 3.8) is 0 Å². The van der Waals surface area contributed by atoms with E-state index in [1.165, 1.54) is 23.1 Å². The Morgan fingerprint density at radius 3 is 2.25 bits per heavy atom. The van der Waals surface area contributed by atoms with Gasteiger partial charge in [-0.25, -0.2) is 14.7 Å². The Balaban J connectivity index is 1.63. The number of halogens is 2. The number of carbonyl (C=O) groups excluding carboxylic acids is 2. The van der Waals surface area contributed by atoms with Crippen LogP contribution in [0.5, 0.6) is 0 Å². The molecule has 0 saturated carbocycles. The van der Waals surface area contributed by atoms with Crippen molar-refractivity contribution in [3.8, 4) is 12.1 Å². The highest BCUT2D eigenvalue weighted by atomic mass is 35.5. The summed E-state index contributed by atoms with van der Waals surface area (Å²) in [4.78, 5) is 36.5. The average Bonchev–Trinajstić information content (AvgIpc) is 3.37. The lowest BCUT2D eigenvalue weighted by Crippen LogP contribution is -2.53. The molecular formula is C26H18Cl2N6O2.